The zero-order chi connectivity index (χ0) is 20.7. The summed E-state index contributed by atoms with van der Waals surface area (Å²) in [4.78, 5) is 18.7. The Morgan fingerprint density at radius 2 is 2.13 bits per heavy atom. The van der Waals surface area contributed by atoms with Gasteiger partial charge in [0.05, 0.1) is 11.9 Å². The molecule has 1 aliphatic heterocycles. The van der Waals surface area contributed by atoms with Crippen molar-refractivity contribution >= 4 is 32.4 Å². The number of halogens is 2. The number of alkyl halides is 2. The van der Waals surface area contributed by atoms with Crippen LogP contribution < -0.4 is 10.2 Å². The molecule has 1 aliphatic rings. The van der Waals surface area contributed by atoms with Gasteiger partial charge in [0.25, 0.3) is 5.92 Å². The number of pyridine rings is 1. The number of ether oxygens (including phenoxy) is 1. The quantitative estimate of drug-likeness (QED) is 0.458. The molecule has 0 radical (unpaired) electrons. The molecule has 0 atom stereocenters. The predicted octanol–water partition coefficient (Wildman–Crippen LogP) is 4.79. The van der Waals surface area contributed by atoms with Gasteiger partial charge in [-0.1, -0.05) is 0 Å². The first-order valence-corrected chi connectivity index (χ1v) is 10.5. The van der Waals surface area contributed by atoms with Crippen molar-refractivity contribution in [3.05, 3.63) is 58.2 Å². The van der Waals surface area contributed by atoms with Gasteiger partial charge in [-0.15, -0.1) is 11.3 Å². The molecule has 8 heteroatoms. The van der Waals surface area contributed by atoms with E-state index in [-0.39, 0.29) is 25.0 Å². The third kappa shape index (κ3) is 3.80. The normalized spacial score (nSPS) is 16.5. The molecule has 4 aromatic rings. The van der Waals surface area contributed by atoms with Crippen molar-refractivity contribution in [2.24, 2.45) is 0 Å². The number of fused-ring (bicyclic) bond motifs is 2. The van der Waals surface area contributed by atoms with Crippen LogP contribution in [0.3, 0.4) is 0 Å². The second-order valence-corrected chi connectivity index (χ2v) is 8.34. The Hall–Kier alpha value is -2.84. The fourth-order valence-corrected chi connectivity index (χ4v) is 4.43. The van der Waals surface area contributed by atoms with Gasteiger partial charge in [0.1, 0.15) is 23.6 Å². The van der Waals surface area contributed by atoms with E-state index < -0.39 is 5.92 Å². The number of likely N-dealkylation sites (tertiary alicyclic amines) is 1. The van der Waals surface area contributed by atoms with Gasteiger partial charge in [-0.3, -0.25) is 14.7 Å². The summed E-state index contributed by atoms with van der Waals surface area (Å²) in [6.45, 7) is 0.825. The summed E-state index contributed by atoms with van der Waals surface area (Å²) in [6, 6.07) is 10.3. The molecule has 30 heavy (non-hydrogen) atoms. The zero-order valence-electron chi connectivity index (χ0n) is 15.9. The van der Waals surface area contributed by atoms with E-state index >= 15 is 0 Å². The molecule has 1 aromatic carbocycles. The van der Waals surface area contributed by atoms with E-state index in [1.165, 1.54) is 6.07 Å². The van der Waals surface area contributed by atoms with Crippen LogP contribution in [0.4, 0.5) is 8.78 Å². The monoisotopic (exact) mass is 428 g/mol. The van der Waals surface area contributed by atoms with Gasteiger partial charge < -0.3 is 9.15 Å². The number of thiophene rings is 1. The fourth-order valence-electron chi connectivity index (χ4n) is 3.63. The minimum Gasteiger partial charge on any atom is -0.492 e. The Bertz CT molecular complexity index is 1280. The molecule has 1 saturated heterocycles. The fraction of sp³-hybridized carbons (Fsp3) is 0.273. The van der Waals surface area contributed by atoms with Crippen LogP contribution in [0, 0.1) is 0 Å². The summed E-state index contributed by atoms with van der Waals surface area (Å²) in [7, 11) is 0. The van der Waals surface area contributed by atoms with E-state index in [1.54, 1.807) is 40.6 Å². The van der Waals surface area contributed by atoms with E-state index in [4.69, 9.17) is 9.15 Å². The Balaban J connectivity index is 1.34. The minimum absolute atomic E-state index is 0.110. The third-order valence-corrected chi connectivity index (χ3v) is 6.09. The number of rotatable bonds is 5. The van der Waals surface area contributed by atoms with E-state index in [0.29, 0.717) is 41.3 Å². The molecule has 0 N–H and O–H groups in total. The maximum absolute atomic E-state index is 13.2. The molecule has 0 spiro atoms. The molecule has 154 valence electrons. The highest BCUT2D eigenvalue weighted by Gasteiger charge is 2.37. The van der Waals surface area contributed by atoms with Gasteiger partial charge >= 0.3 is 0 Å². The Kier molecular flexibility index (Phi) is 4.75. The van der Waals surface area contributed by atoms with Crippen LogP contribution in [0.1, 0.15) is 6.42 Å². The van der Waals surface area contributed by atoms with Crippen LogP contribution in [0.2, 0.25) is 0 Å². The third-order valence-electron chi connectivity index (χ3n) is 5.21. The SMILES string of the molecule is O=c1cc(-c2cc3sccc3cn2)oc2ccc(OCCN3CCC(F)(F)C3)cc12. The van der Waals surface area contributed by atoms with Gasteiger partial charge in [-0.25, -0.2) is 8.78 Å². The Morgan fingerprint density at radius 1 is 1.23 bits per heavy atom. The van der Waals surface area contributed by atoms with Crippen molar-refractivity contribution in [2.75, 3.05) is 26.2 Å². The molecule has 0 aliphatic carbocycles. The highest BCUT2D eigenvalue weighted by molar-refractivity contribution is 7.17. The maximum Gasteiger partial charge on any atom is 0.261 e. The molecule has 1 fully saturated rings. The second-order valence-electron chi connectivity index (χ2n) is 7.39. The van der Waals surface area contributed by atoms with Crippen LogP contribution in [0.25, 0.3) is 32.5 Å². The average molecular weight is 428 g/mol. The highest BCUT2D eigenvalue weighted by atomic mass is 32.1. The van der Waals surface area contributed by atoms with E-state index in [2.05, 4.69) is 4.98 Å². The summed E-state index contributed by atoms with van der Waals surface area (Å²) in [5.41, 5.74) is 0.854. The van der Waals surface area contributed by atoms with Crippen molar-refractivity contribution in [3.8, 4) is 17.2 Å². The van der Waals surface area contributed by atoms with Gasteiger partial charge in [0, 0.05) is 41.9 Å². The minimum atomic E-state index is -2.61. The van der Waals surface area contributed by atoms with Crippen LogP contribution in [-0.2, 0) is 0 Å². The van der Waals surface area contributed by atoms with Crippen LogP contribution in [0.5, 0.6) is 5.75 Å². The summed E-state index contributed by atoms with van der Waals surface area (Å²) < 4.78 is 39.2. The lowest BCUT2D eigenvalue weighted by atomic mass is 10.2. The van der Waals surface area contributed by atoms with Crippen molar-refractivity contribution in [2.45, 2.75) is 12.3 Å². The van der Waals surface area contributed by atoms with Crippen molar-refractivity contribution in [1.29, 1.82) is 0 Å². The number of aromatic nitrogens is 1. The molecule has 3 aromatic heterocycles. The molecule has 0 saturated carbocycles. The van der Waals surface area contributed by atoms with Gasteiger partial charge in [-0.2, -0.15) is 0 Å². The summed E-state index contributed by atoms with van der Waals surface area (Å²) in [5.74, 6) is -1.69. The second kappa shape index (κ2) is 7.45. The summed E-state index contributed by atoms with van der Waals surface area (Å²) in [6.07, 6.45) is 1.65. The molecular formula is C22H18F2N2O3S. The van der Waals surface area contributed by atoms with Crippen LogP contribution >= 0.6 is 11.3 Å². The van der Waals surface area contributed by atoms with Gasteiger partial charge in [-0.05, 0) is 35.7 Å². The Labute approximate surface area is 174 Å². The molecule has 5 rings (SSSR count). The molecule has 0 unspecified atom stereocenters. The van der Waals surface area contributed by atoms with Gasteiger partial charge in [0.2, 0.25) is 0 Å². The molecule has 0 bridgehead atoms. The molecule has 5 nitrogen and oxygen atoms in total. The zero-order valence-corrected chi connectivity index (χ0v) is 16.8. The molecule has 0 amide bonds. The first-order chi connectivity index (χ1) is 14.5. The Morgan fingerprint density at radius 3 is 2.97 bits per heavy atom. The van der Waals surface area contributed by atoms with Gasteiger partial charge in [0.15, 0.2) is 11.2 Å². The van der Waals surface area contributed by atoms with E-state index in [1.807, 2.05) is 17.5 Å². The highest BCUT2D eigenvalue weighted by Crippen LogP contribution is 2.28. The first kappa shape index (κ1) is 19.1. The van der Waals surface area contributed by atoms with E-state index in [9.17, 15) is 13.6 Å². The summed E-state index contributed by atoms with van der Waals surface area (Å²) in [5, 5.41) is 3.44. The van der Waals surface area contributed by atoms with Crippen molar-refractivity contribution < 1.29 is 17.9 Å². The predicted molar refractivity (Wildman–Crippen MR) is 113 cm³/mol. The van der Waals surface area contributed by atoms with Crippen LogP contribution in [0.15, 0.2) is 57.2 Å². The lowest BCUT2D eigenvalue weighted by Gasteiger charge is -2.15. The van der Waals surface area contributed by atoms with Crippen molar-refractivity contribution in [3.63, 3.8) is 0 Å². The van der Waals surface area contributed by atoms with Crippen molar-refractivity contribution in [1.82, 2.24) is 9.88 Å². The number of hydrogen-bond donors (Lipinski definition) is 0. The van der Waals surface area contributed by atoms with Crippen LogP contribution in [-0.4, -0.2) is 42.0 Å². The standard InChI is InChI=1S/C22H18F2N2O3S/c23-22(24)4-5-26(13-22)6-7-28-15-1-2-19-16(9-15)18(27)11-20(29-19)17-10-21-14(12-25-17)3-8-30-21/h1-3,8-12H,4-7,13H2. The smallest absolute Gasteiger partial charge is 0.261 e. The maximum atomic E-state index is 13.2. The largest absolute Gasteiger partial charge is 0.492 e. The number of nitrogens with zero attached hydrogens (tertiary/aromatic N) is 2. The first-order valence-electron chi connectivity index (χ1n) is 9.61. The molecular weight excluding hydrogens is 410 g/mol. The lowest BCUT2D eigenvalue weighted by Crippen LogP contribution is -2.29. The molecule has 4 heterocycles. The number of hydrogen-bond acceptors (Lipinski definition) is 6. The topological polar surface area (TPSA) is 55.6 Å². The van der Waals surface area contributed by atoms with E-state index in [0.717, 1.165) is 10.1 Å². The number of benzene rings is 1. The average Bonchev–Trinajstić information content (AvgIpc) is 3.33. The lowest BCUT2D eigenvalue weighted by molar-refractivity contribution is 0.0113. The summed E-state index contributed by atoms with van der Waals surface area (Å²) >= 11 is 1.60.